The van der Waals surface area contributed by atoms with Gasteiger partial charge in [-0.05, 0) is 17.7 Å². The van der Waals surface area contributed by atoms with Crippen LogP contribution in [-0.2, 0) is 10.5 Å². The van der Waals surface area contributed by atoms with Crippen LogP contribution >= 0.6 is 11.8 Å². The van der Waals surface area contributed by atoms with Gasteiger partial charge in [-0.3, -0.25) is 9.59 Å². The van der Waals surface area contributed by atoms with E-state index in [0.29, 0.717) is 5.56 Å². The van der Waals surface area contributed by atoms with Gasteiger partial charge in [0, 0.05) is 17.1 Å². The molecule has 0 radical (unpaired) electrons. The summed E-state index contributed by atoms with van der Waals surface area (Å²) in [4.78, 5) is 21.3. The van der Waals surface area contributed by atoms with Crippen molar-refractivity contribution in [3.63, 3.8) is 0 Å². The number of halogens is 1. The van der Waals surface area contributed by atoms with Crippen LogP contribution in [0.4, 0.5) is 4.39 Å². The summed E-state index contributed by atoms with van der Waals surface area (Å²) in [7, 11) is 0. The Balaban J connectivity index is 2.58. The lowest BCUT2D eigenvalue weighted by atomic mass is 10.1. The van der Waals surface area contributed by atoms with Gasteiger partial charge in [-0.15, -0.1) is 0 Å². The van der Waals surface area contributed by atoms with E-state index in [2.05, 4.69) is 0 Å². The molecule has 1 rings (SSSR count). The van der Waals surface area contributed by atoms with Crippen LogP contribution in [0.25, 0.3) is 0 Å². The maximum absolute atomic E-state index is 13.5. The van der Waals surface area contributed by atoms with Gasteiger partial charge in [-0.25, -0.2) is 4.39 Å². The highest BCUT2D eigenvalue weighted by molar-refractivity contribution is 7.98. The highest BCUT2D eigenvalue weighted by Crippen LogP contribution is 2.17. The zero-order chi connectivity index (χ0) is 13.7. The molecule has 0 saturated heterocycles. The summed E-state index contributed by atoms with van der Waals surface area (Å²) < 4.78 is 13.5. The van der Waals surface area contributed by atoms with E-state index in [0.717, 1.165) is 6.07 Å². The van der Waals surface area contributed by atoms with Gasteiger partial charge >= 0.3 is 5.97 Å². The summed E-state index contributed by atoms with van der Waals surface area (Å²) in [6.45, 7) is 0. The lowest BCUT2D eigenvalue weighted by Gasteiger charge is -2.07. The Morgan fingerprint density at radius 3 is 2.61 bits per heavy atom. The number of thioether (sulfide) groups is 1. The molecule has 0 fully saturated rings. The molecule has 0 aliphatic heterocycles. The molecule has 5 nitrogen and oxygen atoms in total. The molecule has 1 atom stereocenters. The topological polar surface area (TPSA) is 106 Å². The Bertz CT molecular complexity index is 468. The van der Waals surface area contributed by atoms with Crippen molar-refractivity contribution in [3.8, 4) is 0 Å². The van der Waals surface area contributed by atoms with Crippen molar-refractivity contribution in [2.45, 2.75) is 11.8 Å². The Morgan fingerprint density at radius 2 is 2.11 bits per heavy atom. The molecular weight excluding hydrogens is 259 g/mol. The number of benzene rings is 1. The van der Waals surface area contributed by atoms with E-state index in [9.17, 15) is 14.0 Å². The van der Waals surface area contributed by atoms with Gasteiger partial charge in [0.1, 0.15) is 11.9 Å². The van der Waals surface area contributed by atoms with Gasteiger partial charge in [0.05, 0.1) is 0 Å². The van der Waals surface area contributed by atoms with Crippen molar-refractivity contribution in [3.05, 3.63) is 35.1 Å². The lowest BCUT2D eigenvalue weighted by molar-refractivity contribution is -0.137. The fraction of sp³-hybridized carbons (Fsp3) is 0.273. The molecular formula is C11H13FN2O3S. The highest BCUT2D eigenvalue weighted by atomic mass is 32.2. The van der Waals surface area contributed by atoms with E-state index < -0.39 is 23.7 Å². The highest BCUT2D eigenvalue weighted by Gasteiger charge is 2.12. The monoisotopic (exact) mass is 272 g/mol. The summed E-state index contributed by atoms with van der Waals surface area (Å²) >= 11 is 1.21. The number of carboxylic acid groups (broad SMARTS) is 1. The summed E-state index contributed by atoms with van der Waals surface area (Å²) in [6.07, 6.45) is 0. The number of carbonyl (C=O) groups excluding carboxylic acids is 1. The van der Waals surface area contributed by atoms with E-state index >= 15 is 0 Å². The third kappa shape index (κ3) is 4.01. The van der Waals surface area contributed by atoms with Crippen LogP contribution in [0.15, 0.2) is 18.2 Å². The quantitative estimate of drug-likeness (QED) is 0.702. The second-order valence-corrected chi connectivity index (χ2v) is 4.66. The minimum atomic E-state index is -1.09. The van der Waals surface area contributed by atoms with Gasteiger partial charge in [0.25, 0.3) is 0 Å². The van der Waals surface area contributed by atoms with E-state index in [1.54, 1.807) is 0 Å². The van der Waals surface area contributed by atoms with Gasteiger partial charge in [0.2, 0.25) is 5.91 Å². The Kier molecular flexibility index (Phi) is 5.11. The molecule has 1 amide bonds. The molecule has 1 aromatic rings. The van der Waals surface area contributed by atoms with Crippen molar-refractivity contribution in [2.24, 2.45) is 11.5 Å². The first-order chi connectivity index (χ1) is 8.41. The molecule has 0 aliphatic rings. The van der Waals surface area contributed by atoms with Crippen LogP contribution < -0.4 is 11.5 Å². The Morgan fingerprint density at radius 1 is 1.44 bits per heavy atom. The zero-order valence-electron chi connectivity index (χ0n) is 9.43. The van der Waals surface area contributed by atoms with Gasteiger partial charge in [-0.2, -0.15) is 11.8 Å². The SMILES string of the molecule is NC(=O)c1ccc(CSC[C@@H](N)C(=O)O)c(F)c1. The number of primary amides is 1. The minimum absolute atomic E-state index is 0.100. The van der Waals surface area contributed by atoms with E-state index in [1.807, 2.05) is 0 Å². The number of hydrogen-bond acceptors (Lipinski definition) is 4. The fourth-order valence-corrected chi connectivity index (χ4v) is 2.15. The lowest BCUT2D eigenvalue weighted by Crippen LogP contribution is -2.32. The number of amides is 1. The minimum Gasteiger partial charge on any atom is -0.480 e. The van der Waals surface area contributed by atoms with Crippen LogP contribution in [-0.4, -0.2) is 28.8 Å². The molecule has 7 heteroatoms. The van der Waals surface area contributed by atoms with Crippen LogP contribution in [0, 0.1) is 5.82 Å². The third-order valence-corrected chi connectivity index (χ3v) is 3.32. The number of carboxylic acids is 1. The second-order valence-electron chi connectivity index (χ2n) is 3.63. The first kappa shape index (κ1) is 14.5. The molecule has 0 aliphatic carbocycles. The first-order valence-electron chi connectivity index (χ1n) is 5.06. The van der Waals surface area contributed by atoms with Crippen molar-refractivity contribution in [1.29, 1.82) is 0 Å². The maximum Gasteiger partial charge on any atom is 0.321 e. The zero-order valence-corrected chi connectivity index (χ0v) is 10.2. The number of carbonyl (C=O) groups is 2. The van der Waals surface area contributed by atoms with E-state index in [-0.39, 0.29) is 17.1 Å². The first-order valence-corrected chi connectivity index (χ1v) is 6.21. The Labute approximate surface area is 107 Å². The van der Waals surface area contributed by atoms with Crippen LogP contribution in [0.5, 0.6) is 0 Å². The third-order valence-electron chi connectivity index (χ3n) is 2.21. The fourth-order valence-electron chi connectivity index (χ4n) is 1.18. The maximum atomic E-state index is 13.5. The van der Waals surface area contributed by atoms with Gasteiger partial charge < -0.3 is 16.6 Å². The normalized spacial score (nSPS) is 12.1. The van der Waals surface area contributed by atoms with Gasteiger partial charge in [-0.1, -0.05) is 6.07 Å². The number of hydrogen-bond donors (Lipinski definition) is 3. The molecule has 0 spiro atoms. The van der Waals surface area contributed by atoms with Crippen molar-refractivity contribution in [2.75, 3.05) is 5.75 Å². The largest absolute Gasteiger partial charge is 0.480 e. The molecule has 0 heterocycles. The molecule has 98 valence electrons. The predicted molar refractivity (Wildman–Crippen MR) is 66.7 cm³/mol. The Hall–Kier alpha value is -1.60. The van der Waals surface area contributed by atoms with E-state index in [4.69, 9.17) is 16.6 Å². The second kappa shape index (κ2) is 6.36. The number of nitrogens with two attached hydrogens (primary N) is 2. The van der Waals surface area contributed by atoms with Crippen LogP contribution in [0.1, 0.15) is 15.9 Å². The summed E-state index contributed by atoms with van der Waals surface area (Å²) in [5.74, 6) is -1.85. The molecule has 0 aromatic heterocycles. The van der Waals surface area contributed by atoms with Crippen LogP contribution in [0.2, 0.25) is 0 Å². The number of rotatable bonds is 6. The molecule has 0 bridgehead atoms. The molecule has 18 heavy (non-hydrogen) atoms. The number of aliphatic carboxylic acids is 1. The molecule has 5 N–H and O–H groups in total. The summed E-state index contributed by atoms with van der Waals surface area (Å²) in [5.41, 5.74) is 10.8. The van der Waals surface area contributed by atoms with Crippen molar-refractivity contribution >= 4 is 23.6 Å². The summed E-state index contributed by atoms with van der Waals surface area (Å²) in [5, 5.41) is 8.57. The van der Waals surface area contributed by atoms with Crippen molar-refractivity contribution in [1.82, 2.24) is 0 Å². The molecule has 0 unspecified atom stereocenters. The molecule has 1 aromatic carbocycles. The van der Waals surface area contributed by atoms with E-state index in [1.165, 1.54) is 23.9 Å². The summed E-state index contributed by atoms with van der Waals surface area (Å²) in [6, 6.07) is 2.98. The molecule has 0 saturated carbocycles. The van der Waals surface area contributed by atoms with Crippen LogP contribution in [0.3, 0.4) is 0 Å². The predicted octanol–water partition coefficient (Wildman–Crippen LogP) is 0.570. The standard InChI is InChI=1S/C11H13FN2O3S/c12-8-3-6(10(14)15)1-2-7(8)4-18-5-9(13)11(16)17/h1-3,9H,4-5,13H2,(H2,14,15)(H,16,17)/t9-/m1/s1. The average molecular weight is 272 g/mol. The smallest absolute Gasteiger partial charge is 0.321 e. The average Bonchev–Trinajstić information content (AvgIpc) is 2.30. The van der Waals surface area contributed by atoms with Crippen molar-refractivity contribution < 1.29 is 19.1 Å². The van der Waals surface area contributed by atoms with Gasteiger partial charge in [0.15, 0.2) is 0 Å².